The summed E-state index contributed by atoms with van der Waals surface area (Å²) in [6, 6.07) is 9.34. The second-order valence-electron chi connectivity index (χ2n) is 10.6. The first kappa shape index (κ1) is 20.3. The molecule has 1 aliphatic carbocycles. The monoisotopic (exact) mass is 379 g/mol. The number of aromatic nitrogens is 1. The van der Waals surface area contributed by atoms with Gasteiger partial charge in [-0.1, -0.05) is 84.3 Å². The van der Waals surface area contributed by atoms with Gasteiger partial charge in [0, 0.05) is 11.8 Å². The fourth-order valence-electron chi connectivity index (χ4n) is 4.43. The van der Waals surface area contributed by atoms with Crippen LogP contribution in [0.25, 0.3) is 11.3 Å². The van der Waals surface area contributed by atoms with Crippen LogP contribution in [0.5, 0.6) is 0 Å². The van der Waals surface area contributed by atoms with Crippen molar-refractivity contribution in [2.24, 2.45) is 5.92 Å². The van der Waals surface area contributed by atoms with Crippen molar-refractivity contribution >= 4 is 13.3 Å². The number of hydrogen-bond donors (Lipinski definition) is 0. The highest BCUT2D eigenvalue weighted by atomic mass is 28.3. The number of aryl methyl sites for hydroxylation is 1. The summed E-state index contributed by atoms with van der Waals surface area (Å²) in [6.07, 6.45) is 9.10. The lowest BCUT2D eigenvalue weighted by molar-refractivity contribution is 0.547. The number of rotatable bonds is 4. The van der Waals surface area contributed by atoms with Gasteiger partial charge < -0.3 is 0 Å². The first-order valence-corrected chi connectivity index (χ1v) is 14.2. The quantitative estimate of drug-likeness (QED) is 0.543. The van der Waals surface area contributed by atoms with Gasteiger partial charge in [-0.05, 0) is 52.6 Å². The van der Waals surface area contributed by atoms with E-state index in [0.717, 1.165) is 11.6 Å². The van der Waals surface area contributed by atoms with Crippen LogP contribution in [0.1, 0.15) is 63.1 Å². The van der Waals surface area contributed by atoms with E-state index in [0.29, 0.717) is 0 Å². The molecule has 0 N–H and O–H groups in total. The minimum Gasteiger partial charge on any atom is -0.256 e. The predicted molar refractivity (Wildman–Crippen MR) is 122 cm³/mol. The fraction of sp³-hybridized carbons (Fsp3) is 0.560. The smallest absolute Gasteiger partial charge is 0.0799 e. The van der Waals surface area contributed by atoms with E-state index in [1.54, 1.807) is 10.8 Å². The average molecular weight is 380 g/mol. The molecule has 0 aliphatic heterocycles. The molecule has 3 rings (SSSR count). The second-order valence-corrected chi connectivity index (χ2v) is 15.6. The summed E-state index contributed by atoms with van der Waals surface area (Å²) >= 11 is 0. The molecule has 1 fully saturated rings. The van der Waals surface area contributed by atoms with Crippen LogP contribution in [-0.4, -0.2) is 13.1 Å². The van der Waals surface area contributed by atoms with Gasteiger partial charge in [-0.25, -0.2) is 0 Å². The van der Waals surface area contributed by atoms with Crippen LogP contribution in [0.3, 0.4) is 0 Å². The molecular weight excluding hydrogens is 342 g/mol. The third-order valence-corrected chi connectivity index (χ3v) is 8.22. The van der Waals surface area contributed by atoms with Gasteiger partial charge in [0.2, 0.25) is 0 Å². The van der Waals surface area contributed by atoms with Crippen LogP contribution in [0.2, 0.25) is 19.6 Å². The maximum absolute atomic E-state index is 4.94. The number of benzene rings is 1. The Kier molecular flexibility index (Phi) is 5.68. The molecule has 1 saturated carbocycles. The summed E-state index contributed by atoms with van der Waals surface area (Å²) in [5.74, 6) is 0.875. The molecule has 1 aromatic carbocycles. The molecule has 1 nitrogen and oxygen atoms in total. The lowest BCUT2D eigenvalue weighted by atomic mass is 9.85. The molecule has 1 aromatic heterocycles. The van der Waals surface area contributed by atoms with Crippen molar-refractivity contribution in [1.29, 1.82) is 0 Å². The predicted octanol–water partition coefficient (Wildman–Crippen LogP) is 6.63. The minimum atomic E-state index is -1.38. The summed E-state index contributed by atoms with van der Waals surface area (Å²) in [6.45, 7) is 16.4. The maximum Gasteiger partial charge on any atom is 0.0799 e. The third kappa shape index (κ3) is 4.71. The van der Waals surface area contributed by atoms with E-state index < -0.39 is 8.07 Å². The molecule has 0 spiro atoms. The van der Waals surface area contributed by atoms with Crippen LogP contribution in [0.4, 0.5) is 0 Å². The van der Waals surface area contributed by atoms with E-state index in [1.807, 2.05) is 0 Å². The van der Waals surface area contributed by atoms with Gasteiger partial charge in [0.15, 0.2) is 0 Å². The molecule has 0 amide bonds. The van der Waals surface area contributed by atoms with E-state index in [2.05, 4.69) is 77.8 Å². The number of pyridine rings is 1. The highest BCUT2D eigenvalue weighted by Crippen LogP contribution is 2.31. The molecule has 27 heavy (non-hydrogen) atoms. The Morgan fingerprint density at radius 1 is 1.04 bits per heavy atom. The van der Waals surface area contributed by atoms with Gasteiger partial charge >= 0.3 is 0 Å². The SMILES string of the molecule is Cc1cc(C(C)(C)C)ccc1-c1cc(CC2CCCC2)c([Si](C)(C)C)cn1. The van der Waals surface area contributed by atoms with Crippen molar-refractivity contribution in [1.82, 2.24) is 4.98 Å². The summed E-state index contributed by atoms with van der Waals surface area (Å²) in [7, 11) is -1.38. The fourth-order valence-corrected chi connectivity index (χ4v) is 6.02. The van der Waals surface area contributed by atoms with Gasteiger partial charge in [-0.3, -0.25) is 4.98 Å². The van der Waals surface area contributed by atoms with Crippen molar-refractivity contribution in [3.8, 4) is 11.3 Å². The third-order valence-electron chi connectivity index (χ3n) is 6.15. The normalized spacial score (nSPS) is 16.1. The first-order chi connectivity index (χ1) is 12.6. The molecule has 0 unspecified atom stereocenters. The van der Waals surface area contributed by atoms with Crippen molar-refractivity contribution in [3.63, 3.8) is 0 Å². The van der Waals surface area contributed by atoms with E-state index in [9.17, 15) is 0 Å². The molecule has 2 aromatic rings. The first-order valence-electron chi connectivity index (χ1n) is 10.7. The minimum absolute atomic E-state index is 0.187. The van der Waals surface area contributed by atoms with Gasteiger partial charge in [0.1, 0.15) is 0 Å². The number of hydrogen-bond acceptors (Lipinski definition) is 1. The Morgan fingerprint density at radius 3 is 2.26 bits per heavy atom. The molecule has 0 atom stereocenters. The van der Waals surface area contributed by atoms with Crippen molar-refractivity contribution in [2.45, 2.75) is 84.9 Å². The van der Waals surface area contributed by atoms with Crippen molar-refractivity contribution in [3.05, 3.63) is 47.2 Å². The highest BCUT2D eigenvalue weighted by molar-refractivity contribution is 6.89. The molecule has 2 heteroatoms. The lowest BCUT2D eigenvalue weighted by Crippen LogP contribution is -2.41. The van der Waals surface area contributed by atoms with Crippen LogP contribution in [0.15, 0.2) is 30.5 Å². The van der Waals surface area contributed by atoms with Crippen LogP contribution >= 0.6 is 0 Å². The summed E-state index contributed by atoms with van der Waals surface area (Å²) < 4.78 is 0. The Balaban J connectivity index is 2.01. The van der Waals surface area contributed by atoms with Crippen molar-refractivity contribution < 1.29 is 0 Å². The van der Waals surface area contributed by atoms with Gasteiger partial charge in [0.25, 0.3) is 0 Å². The molecule has 0 bridgehead atoms. The van der Waals surface area contributed by atoms with Crippen LogP contribution in [0, 0.1) is 12.8 Å². The lowest BCUT2D eigenvalue weighted by Gasteiger charge is -2.24. The van der Waals surface area contributed by atoms with E-state index in [4.69, 9.17) is 4.98 Å². The molecule has 0 radical (unpaired) electrons. The maximum atomic E-state index is 4.94. The van der Waals surface area contributed by atoms with Crippen molar-refractivity contribution in [2.75, 3.05) is 0 Å². The zero-order valence-electron chi connectivity index (χ0n) is 18.4. The Labute approximate surface area is 167 Å². The second kappa shape index (κ2) is 7.54. The summed E-state index contributed by atoms with van der Waals surface area (Å²) in [4.78, 5) is 4.94. The molecular formula is C25H37NSi. The zero-order valence-corrected chi connectivity index (χ0v) is 19.4. The Morgan fingerprint density at radius 2 is 1.70 bits per heavy atom. The average Bonchev–Trinajstić information content (AvgIpc) is 3.05. The molecule has 1 aliphatic rings. The molecule has 1 heterocycles. The van der Waals surface area contributed by atoms with Gasteiger partial charge in [-0.15, -0.1) is 0 Å². The zero-order chi connectivity index (χ0) is 19.8. The largest absolute Gasteiger partial charge is 0.256 e. The van der Waals surface area contributed by atoms with E-state index in [-0.39, 0.29) is 5.41 Å². The standard InChI is InChI=1S/C25H37NSi/c1-18-14-21(25(2,3)4)12-13-22(18)23-16-20(15-19-10-8-9-11-19)24(17-26-23)27(5,6)7/h12-14,16-17,19H,8-11,15H2,1-7H3. The van der Waals surface area contributed by atoms with E-state index in [1.165, 1.54) is 48.8 Å². The Bertz CT molecular complexity index is 802. The molecule has 146 valence electrons. The van der Waals surface area contributed by atoms with E-state index >= 15 is 0 Å². The summed E-state index contributed by atoms with van der Waals surface area (Å²) in [5.41, 5.74) is 6.94. The summed E-state index contributed by atoms with van der Waals surface area (Å²) in [5, 5.41) is 1.56. The highest BCUT2D eigenvalue weighted by Gasteiger charge is 2.25. The Hall–Kier alpha value is -1.41. The van der Waals surface area contributed by atoms with Crippen LogP contribution < -0.4 is 5.19 Å². The topological polar surface area (TPSA) is 12.9 Å². The molecule has 0 saturated heterocycles. The van der Waals surface area contributed by atoms with Gasteiger partial charge in [0.05, 0.1) is 13.8 Å². The van der Waals surface area contributed by atoms with Crippen LogP contribution in [-0.2, 0) is 11.8 Å². The number of nitrogens with zero attached hydrogens (tertiary/aromatic N) is 1. The van der Waals surface area contributed by atoms with Gasteiger partial charge in [-0.2, -0.15) is 0 Å².